The number of hydrogen-bond donors (Lipinski definition) is 2. The summed E-state index contributed by atoms with van der Waals surface area (Å²) in [4.78, 5) is 10.1. The minimum absolute atomic E-state index is 0.269. The lowest BCUT2D eigenvalue weighted by Crippen LogP contribution is -2.29. The Balaban J connectivity index is 0.000000219. The van der Waals surface area contributed by atoms with E-state index in [2.05, 4.69) is 5.32 Å². The van der Waals surface area contributed by atoms with Gasteiger partial charge in [-0.05, 0) is 43.7 Å². The van der Waals surface area contributed by atoms with Crippen molar-refractivity contribution in [2.45, 2.75) is 18.9 Å². The van der Waals surface area contributed by atoms with Gasteiger partial charge in [0.15, 0.2) is 0 Å². The molecule has 24 heavy (non-hydrogen) atoms. The third-order valence-corrected chi connectivity index (χ3v) is 4.05. The van der Waals surface area contributed by atoms with Crippen molar-refractivity contribution in [1.29, 1.82) is 0 Å². The Hall–Kier alpha value is -2.30. The summed E-state index contributed by atoms with van der Waals surface area (Å²) in [5, 5.41) is 11.2. The molecule has 0 radical (unpaired) electrons. The first-order valence-corrected chi connectivity index (χ1v) is 8.83. The van der Waals surface area contributed by atoms with Gasteiger partial charge in [0.05, 0.1) is 0 Å². The summed E-state index contributed by atoms with van der Waals surface area (Å²) in [5.41, 5.74) is 0. The minimum atomic E-state index is -2.54. The summed E-state index contributed by atoms with van der Waals surface area (Å²) >= 11 is 0. The first kappa shape index (κ1) is 18.0. The zero-order chi connectivity index (χ0) is 17.2. The van der Waals surface area contributed by atoms with Gasteiger partial charge in [0.2, 0.25) is 0 Å². The van der Waals surface area contributed by atoms with Gasteiger partial charge in [0, 0.05) is 0 Å². The second-order valence-electron chi connectivity index (χ2n) is 5.07. The van der Waals surface area contributed by atoms with E-state index in [4.69, 9.17) is 14.2 Å². The van der Waals surface area contributed by atoms with E-state index in [9.17, 15) is 9.36 Å². The Bertz CT molecular complexity index is 601. The quantitative estimate of drug-likeness (QED) is 0.805. The average molecular weight is 349 g/mol. The Morgan fingerprint density at radius 1 is 1.00 bits per heavy atom. The van der Waals surface area contributed by atoms with Gasteiger partial charge in [0.25, 0.3) is 0 Å². The lowest BCUT2D eigenvalue weighted by Gasteiger charge is -2.07. The topological polar surface area (TPSA) is 84.9 Å². The molecule has 7 heteroatoms. The van der Waals surface area contributed by atoms with Crippen LogP contribution >= 0.6 is 8.25 Å². The van der Waals surface area contributed by atoms with Crippen LogP contribution in [0.4, 0.5) is 0 Å². The second-order valence-corrected chi connectivity index (χ2v) is 5.98. The number of para-hydroxylation sites is 2. The Morgan fingerprint density at radius 2 is 1.50 bits per heavy atom. The van der Waals surface area contributed by atoms with Gasteiger partial charge in [-0.15, -0.1) is 0 Å². The van der Waals surface area contributed by atoms with Crippen LogP contribution in [0.15, 0.2) is 60.7 Å². The first-order valence-electron chi connectivity index (χ1n) is 7.61. The maximum atomic E-state index is 11.5. The number of carboxylic acids is 1. The van der Waals surface area contributed by atoms with E-state index in [-0.39, 0.29) is 6.04 Å². The van der Waals surface area contributed by atoms with E-state index in [1.165, 1.54) is 0 Å². The highest BCUT2D eigenvalue weighted by atomic mass is 31.1. The van der Waals surface area contributed by atoms with E-state index >= 15 is 0 Å². The molecule has 2 N–H and O–H groups in total. The van der Waals surface area contributed by atoms with Crippen LogP contribution in [0, 0.1) is 0 Å². The molecule has 2 aromatic carbocycles. The molecule has 3 rings (SSSR count). The summed E-state index contributed by atoms with van der Waals surface area (Å²) < 4.78 is 21.8. The normalized spacial score (nSPS) is 16.1. The van der Waals surface area contributed by atoms with E-state index in [1.54, 1.807) is 24.3 Å². The van der Waals surface area contributed by atoms with Gasteiger partial charge >= 0.3 is 14.2 Å². The van der Waals surface area contributed by atoms with Crippen molar-refractivity contribution < 1.29 is 23.5 Å². The van der Waals surface area contributed by atoms with Crippen LogP contribution in [-0.4, -0.2) is 23.7 Å². The summed E-state index contributed by atoms with van der Waals surface area (Å²) in [6.45, 7) is 0.858. The number of rotatable bonds is 5. The molecule has 2 aromatic rings. The summed E-state index contributed by atoms with van der Waals surface area (Å²) in [7, 11) is -2.54. The Labute approximate surface area is 141 Å². The van der Waals surface area contributed by atoms with Crippen molar-refractivity contribution in [1.82, 2.24) is 5.32 Å². The lowest BCUT2D eigenvalue weighted by molar-refractivity contribution is -0.139. The Morgan fingerprint density at radius 3 is 1.83 bits per heavy atom. The van der Waals surface area contributed by atoms with Crippen molar-refractivity contribution in [2.24, 2.45) is 0 Å². The molecule has 0 spiro atoms. The molecule has 0 amide bonds. The van der Waals surface area contributed by atoms with Crippen molar-refractivity contribution in [3.8, 4) is 11.5 Å². The molecule has 1 unspecified atom stereocenters. The van der Waals surface area contributed by atoms with Gasteiger partial charge in [-0.3, -0.25) is 4.79 Å². The largest absolute Gasteiger partial charge is 0.480 e. The molecular weight excluding hydrogens is 329 g/mol. The maximum Gasteiger partial charge on any atom is 0.418 e. The van der Waals surface area contributed by atoms with Crippen LogP contribution in [0.5, 0.6) is 11.5 Å². The van der Waals surface area contributed by atoms with Crippen molar-refractivity contribution in [3.05, 3.63) is 60.7 Å². The SMILES string of the molecule is O=C(O)C1CCCN1.O=[PH](Oc1ccccc1)Oc1ccccc1. The van der Waals surface area contributed by atoms with E-state index in [0.717, 1.165) is 19.4 Å². The smallest absolute Gasteiger partial charge is 0.418 e. The molecule has 1 atom stereocenters. The standard InChI is InChI=1S/C12H11O3P.C5H9NO2/c13-16(14-11-7-3-1-4-8-11)15-12-9-5-2-6-10-12;7-5(8)4-2-1-3-6-4/h1-10,16H;4,6H,1-3H2,(H,7,8). The monoisotopic (exact) mass is 349 g/mol. The van der Waals surface area contributed by atoms with Gasteiger partial charge in [-0.25, -0.2) is 4.57 Å². The molecule has 0 aliphatic carbocycles. The van der Waals surface area contributed by atoms with E-state index < -0.39 is 14.2 Å². The highest BCUT2D eigenvalue weighted by Crippen LogP contribution is 2.29. The van der Waals surface area contributed by atoms with Gasteiger partial charge in [0.1, 0.15) is 17.5 Å². The molecule has 0 aromatic heterocycles. The average Bonchev–Trinajstić information content (AvgIpc) is 3.12. The van der Waals surface area contributed by atoms with E-state index in [0.29, 0.717) is 11.5 Å². The van der Waals surface area contributed by atoms with Crippen molar-refractivity contribution in [3.63, 3.8) is 0 Å². The lowest BCUT2D eigenvalue weighted by atomic mass is 10.2. The van der Waals surface area contributed by atoms with Crippen LogP contribution in [-0.2, 0) is 9.36 Å². The fourth-order valence-corrected chi connectivity index (χ4v) is 2.78. The third kappa shape index (κ3) is 6.44. The minimum Gasteiger partial charge on any atom is -0.480 e. The predicted octanol–water partition coefficient (Wildman–Crippen LogP) is 3.36. The summed E-state index contributed by atoms with van der Waals surface area (Å²) in [6, 6.07) is 17.6. The summed E-state index contributed by atoms with van der Waals surface area (Å²) in [5.74, 6) is 0.368. The Kier molecular flexibility index (Phi) is 7.33. The molecule has 0 saturated carbocycles. The van der Waals surface area contributed by atoms with Crippen LogP contribution in [0.3, 0.4) is 0 Å². The molecule has 1 aliphatic rings. The molecule has 1 heterocycles. The highest BCUT2D eigenvalue weighted by Gasteiger charge is 2.20. The molecule has 1 fully saturated rings. The molecule has 6 nitrogen and oxygen atoms in total. The maximum absolute atomic E-state index is 11.5. The number of aliphatic carboxylic acids is 1. The van der Waals surface area contributed by atoms with Crippen molar-refractivity contribution in [2.75, 3.05) is 6.54 Å². The molecule has 0 bridgehead atoms. The van der Waals surface area contributed by atoms with Gasteiger partial charge < -0.3 is 19.5 Å². The number of carbonyl (C=O) groups is 1. The number of nitrogens with one attached hydrogen (secondary N) is 1. The summed E-state index contributed by atoms with van der Waals surface area (Å²) in [6.07, 6.45) is 1.78. The van der Waals surface area contributed by atoms with Gasteiger partial charge in [-0.2, -0.15) is 0 Å². The second kappa shape index (κ2) is 9.75. The number of carboxylic acid groups (broad SMARTS) is 1. The molecule has 128 valence electrons. The van der Waals surface area contributed by atoms with Crippen LogP contribution in [0.2, 0.25) is 0 Å². The predicted molar refractivity (Wildman–Crippen MR) is 91.8 cm³/mol. The van der Waals surface area contributed by atoms with E-state index in [1.807, 2.05) is 36.4 Å². The zero-order valence-electron chi connectivity index (χ0n) is 13.1. The molecule has 1 saturated heterocycles. The van der Waals surface area contributed by atoms with Crippen LogP contribution in [0.25, 0.3) is 0 Å². The van der Waals surface area contributed by atoms with Crippen molar-refractivity contribution >= 4 is 14.2 Å². The molecule has 1 aliphatic heterocycles. The first-order chi connectivity index (χ1) is 11.6. The fraction of sp³-hybridized carbons (Fsp3) is 0.235. The third-order valence-electron chi connectivity index (χ3n) is 3.25. The molecular formula is C17H20NO5P. The number of hydrogen-bond acceptors (Lipinski definition) is 5. The number of benzene rings is 2. The van der Waals surface area contributed by atoms with Crippen LogP contribution < -0.4 is 14.4 Å². The van der Waals surface area contributed by atoms with Gasteiger partial charge in [-0.1, -0.05) is 36.4 Å². The fourth-order valence-electron chi connectivity index (χ4n) is 2.09. The highest BCUT2D eigenvalue weighted by molar-refractivity contribution is 7.34. The van der Waals surface area contributed by atoms with Crippen LogP contribution in [0.1, 0.15) is 12.8 Å². The zero-order valence-corrected chi connectivity index (χ0v) is 14.1.